The van der Waals surface area contributed by atoms with Gasteiger partial charge in [-0.3, -0.25) is 9.59 Å². The molecule has 2 atom stereocenters. The standard InChI is InChI=1S/C20H23N3O2.ClH/c1-14-11-15(12-21)13-23(14)20(25)17-9-5-6-10-18(17)22-19(24)16-7-3-2-4-8-16;/h2-10,14-15H,11-13,21H2,1H3,(H,22,24);1H. The fourth-order valence-corrected chi connectivity index (χ4v) is 3.31. The molecule has 3 N–H and O–H groups in total. The first-order valence-electron chi connectivity index (χ1n) is 8.56. The average Bonchev–Trinajstić information content (AvgIpc) is 3.03. The second kappa shape index (κ2) is 8.83. The lowest BCUT2D eigenvalue weighted by Gasteiger charge is -2.23. The van der Waals surface area contributed by atoms with Crippen molar-refractivity contribution in [3.05, 3.63) is 65.7 Å². The quantitative estimate of drug-likeness (QED) is 0.864. The van der Waals surface area contributed by atoms with Crippen molar-refractivity contribution in [2.75, 3.05) is 18.4 Å². The highest BCUT2D eigenvalue weighted by Crippen LogP contribution is 2.26. The first-order valence-corrected chi connectivity index (χ1v) is 8.56. The monoisotopic (exact) mass is 373 g/mol. The molecule has 5 nitrogen and oxygen atoms in total. The van der Waals surface area contributed by atoms with E-state index in [9.17, 15) is 9.59 Å². The number of amides is 2. The van der Waals surface area contributed by atoms with Crippen molar-refractivity contribution in [3.8, 4) is 0 Å². The number of carbonyl (C=O) groups is 2. The van der Waals surface area contributed by atoms with Gasteiger partial charge in [0.2, 0.25) is 0 Å². The molecule has 2 amide bonds. The molecule has 2 aromatic rings. The number of halogens is 1. The zero-order valence-corrected chi connectivity index (χ0v) is 15.5. The van der Waals surface area contributed by atoms with Crippen LogP contribution in [0.2, 0.25) is 0 Å². The van der Waals surface area contributed by atoms with Crippen molar-refractivity contribution < 1.29 is 9.59 Å². The Labute approximate surface area is 160 Å². The number of hydrogen-bond donors (Lipinski definition) is 2. The second-order valence-corrected chi connectivity index (χ2v) is 6.51. The Morgan fingerprint density at radius 2 is 1.77 bits per heavy atom. The molecule has 0 radical (unpaired) electrons. The highest BCUT2D eigenvalue weighted by Gasteiger charge is 2.33. The van der Waals surface area contributed by atoms with E-state index >= 15 is 0 Å². The summed E-state index contributed by atoms with van der Waals surface area (Å²) in [6, 6.07) is 16.3. The van der Waals surface area contributed by atoms with Crippen molar-refractivity contribution in [3.63, 3.8) is 0 Å². The maximum atomic E-state index is 13.0. The molecule has 0 aromatic heterocycles. The molecule has 138 valence electrons. The number of benzene rings is 2. The largest absolute Gasteiger partial charge is 0.336 e. The molecule has 1 fully saturated rings. The molecule has 6 heteroatoms. The fourth-order valence-electron chi connectivity index (χ4n) is 3.31. The topological polar surface area (TPSA) is 75.4 Å². The molecule has 1 aliphatic heterocycles. The van der Waals surface area contributed by atoms with Gasteiger partial charge in [0, 0.05) is 18.2 Å². The van der Waals surface area contributed by atoms with Gasteiger partial charge in [-0.05, 0) is 50.1 Å². The van der Waals surface area contributed by atoms with E-state index in [2.05, 4.69) is 5.32 Å². The van der Waals surface area contributed by atoms with Crippen LogP contribution in [0.15, 0.2) is 54.6 Å². The van der Waals surface area contributed by atoms with Crippen LogP contribution in [-0.4, -0.2) is 35.8 Å². The average molecular weight is 374 g/mol. The number of nitrogens with one attached hydrogen (secondary N) is 1. The van der Waals surface area contributed by atoms with Crippen LogP contribution in [0.25, 0.3) is 0 Å². The smallest absolute Gasteiger partial charge is 0.256 e. The molecule has 0 bridgehead atoms. The predicted octanol–water partition coefficient (Wildman–Crippen LogP) is 3.17. The number of carbonyl (C=O) groups excluding carboxylic acids is 2. The van der Waals surface area contributed by atoms with E-state index in [1.54, 1.807) is 24.3 Å². The lowest BCUT2D eigenvalue weighted by atomic mass is 10.1. The summed E-state index contributed by atoms with van der Waals surface area (Å²) in [5.74, 6) is 0.0487. The Morgan fingerprint density at radius 3 is 2.42 bits per heavy atom. The molecule has 1 saturated heterocycles. The third-order valence-electron chi connectivity index (χ3n) is 4.70. The van der Waals surface area contributed by atoms with Gasteiger partial charge in [-0.1, -0.05) is 30.3 Å². The number of anilines is 1. The minimum absolute atomic E-state index is 0. The summed E-state index contributed by atoms with van der Waals surface area (Å²) < 4.78 is 0. The van der Waals surface area contributed by atoms with Gasteiger partial charge in [0.1, 0.15) is 0 Å². The van der Waals surface area contributed by atoms with Crippen LogP contribution >= 0.6 is 12.4 Å². The Kier molecular flexibility index (Phi) is 6.77. The number of likely N-dealkylation sites (tertiary alicyclic amines) is 1. The van der Waals surface area contributed by atoms with Crippen LogP contribution in [0.3, 0.4) is 0 Å². The SMILES string of the molecule is CC1CC(CN)CN1C(=O)c1ccccc1NC(=O)c1ccccc1.Cl. The normalized spacial score (nSPS) is 18.9. The van der Waals surface area contributed by atoms with Gasteiger partial charge >= 0.3 is 0 Å². The third kappa shape index (κ3) is 4.23. The van der Waals surface area contributed by atoms with Gasteiger partial charge in [-0.2, -0.15) is 0 Å². The Hall–Kier alpha value is -2.37. The van der Waals surface area contributed by atoms with Crippen LogP contribution in [0, 0.1) is 5.92 Å². The number of nitrogens with two attached hydrogens (primary N) is 1. The van der Waals surface area contributed by atoms with E-state index in [1.165, 1.54) is 0 Å². The van der Waals surface area contributed by atoms with Crippen molar-refractivity contribution in [2.45, 2.75) is 19.4 Å². The number of nitrogens with zero attached hydrogens (tertiary/aromatic N) is 1. The summed E-state index contributed by atoms with van der Waals surface area (Å²) in [7, 11) is 0. The summed E-state index contributed by atoms with van der Waals surface area (Å²) >= 11 is 0. The third-order valence-corrected chi connectivity index (χ3v) is 4.70. The molecule has 26 heavy (non-hydrogen) atoms. The molecule has 0 spiro atoms. The maximum Gasteiger partial charge on any atom is 0.256 e. The zero-order valence-electron chi connectivity index (χ0n) is 14.7. The molecule has 3 rings (SSSR count). The highest BCUT2D eigenvalue weighted by atomic mass is 35.5. The fraction of sp³-hybridized carbons (Fsp3) is 0.300. The summed E-state index contributed by atoms with van der Waals surface area (Å²) in [5, 5.41) is 2.86. The van der Waals surface area contributed by atoms with Gasteiger partial charge in [0.05, 0.1) is 11.3 Å². The molecule has 0 aliphatic carbocycles. The van der Waals surface area contributed by atoms with Crippen molar-refractivity contribution in [1.82, 2.24) is 4.90 Å². The maximum absolute atomic E-state index is 13.0. The van der Waals surface area contributed by atoms with Crippen LogP contribution < -0.4 is 11.1 Å². The summed E-state index contributed by atoms with van der Waals surface area (Å²) in [4.78, 5) is 27.3. The van der Waals surface area contributed by atoms with Gasteiger partial charge in [0.15, 0.2) is 0 Å². The first-order chi connectivity index (χ1) is 12.1. The van der Waals surface area contributed by atoms with Gasteiger partial charge < -0.3 is 16.0 Å². The van der Waals surface area contributed by atoms with E-state index in [4.69, 9.17) is 5.73 Å². The molecular formula is C20H24ClN3O2. The summed E-state index contributed by atoms with van der Waals surface area (Å²) in [6.07, 6.45) is 0.917. The van der Waals surface area contributed by atoms with E-state index in [-0.39, 0.29) is 30.3 Å². The minimum atomic E-state index is -0.227. The van der Waals surface area contributed by atoms with Crippen LogP contribution in [0.1, 0.15) is 34.1 Å². The first kappa shape index (κ1) is 19.9. The van der Waals surface area contributed by atoms with E-state index in [0.29, 0.717) is 35.8 Å². The van der Waals surface area contributed by atoms with E-state index in [1.807, 2.05) is 42.2 Å². The lowest BCUT2D eigenvalue weighted by Crippen LogP contribution is -2.35. The van der Waals surface area contributed by atoms with Crippen LogP contribution in [0.5, 0.6) is 0 Å². The number of rotatable bonds is 4. The van der Waals surface area contributed by atoms with E-state index < -0.39 is 0 Å². The lowest BCUT2D eigenvalue weighted by molar-refractivity contribution is 0.0744. The Bertz CT molecular complexity index is 767. The van der Waals surface area contributed by atoms with Crippen molar-refractivity contribution in [2.24, 2.45) is 11.7 Å². The molecule has 1 heterocycles. The molecule has 0 saturated carbocycles. The highest BCUT2D eigenvalue weighted by molar-refractivity contribution is 6.09. The van der Waals surface area contributed by atoms with E-state index in [0.717, 1.165) is 6.42 Å². The number of para-hydroxylation sites is 1. The van der Waals surface area contributed by atoms with Crippen molar-refractivity contribution in [1.29, 1.82) is 0 Å². The Balaban J connectivity index is 0.00000243. The van der Waals surface area contributed by atoms with Gasteiger partial charge in [-0.15, -0.1) is 12.4 Å². The summed E-state index contributed by atoms with van der Waals surface area (Å²) in [5.41, 5.74) is 7.36. The molecule has 2 unspecified atom stereocenters. The molecular weight excluding hydrogens is 350 g/mol. The molecule has 1 aliphatic rings. The minimum Gasteiger partial charge on any atom is -0.336 e. The van der Waals surface area contributed by atoms with Crippen molar-refractivity contribution >= 4 is 29.9 Å². The van der Waals surface area contributed by atoms with Gasteiger partial charge in [-0.25, -0.2) is 0 Å². The van der Waals surface area contributed by atoms with Crippen LogP contribution in [-0.2, 0) is 0 Å². The predicted molar refractivity (Wildman–Crippen MR) is 106 cm³/mol. The van der Waals surface area contributed by atoms with Crippen LogP contribution in [0.4, 0.5) is 5.69 Å². The van der Waals surface area contributed by atoms with Gasteiger partial charge in [0.25, 0.3) is 11.8 Å². The number of hydrogen-bond acceptors (Lipinski definition) is 3. The summed E-state index contributed by atoms with van der Waals surface area (Å²) in [6.45, 7) is 3.29. The Morgan fingerprint density at radius 1 is 1.12 bits per heavy atom. The zero-order chi connectivity index (χ0) is 17.8. The second-order valence-electron chi connectivity index (χ2n) is 6.51. The molecule has 2 aromatic carbocycles.